The number of hydrogen-bond acceptors (Lipinski definition) is 0. The highest BCUT2D eigenvalue weighted by Crippen LogP contribution is 2.39. The van der Waals surface area contributed by atoms with Gasteiger partial charge in [-0.1, -0.05) is 26.0 Å². The Balaban J connectivity index is 2.10. The van der Waals surface area contributed by atoms with E-state index in [2.05, 4.69) is 29.8 Å². The maximum absolute atomic E-state index is 13.6. The molecule has 2 rings (SSSR count). The molecular formula is C16H21BrClF. The maximum Gasteiger partial charge on any atom is 0.137 e. The summed E-state index contributed by atoms with van der Waals surface area (Å²) in [6, 6.07) is 5.26. The summed E-state index contributed by atoms with van der Waals surface area (Å²) in [5.41, 5.74) is 1.04. The van der Waals surface area contributed by atoms with Crippen LogP contribution >= 0.6 is 27.5 Å². The first kappa shape index (κ1) is 15.3. The molecule has 0 amide bonds. The van der Waals surface area contributed by atoms with Gasteiger partial charge in [0.25, 0.3) is 0 Å². The first-order valence-electron chi connectivity index (χ1n) is 7.06. The molecule has 3 heteroatoms. The average molecular weight is 348 g/mol. The summed E-state index contributed by atoms with van der Waals surface area (Å²) in [5, 5.41) is 0.227. The quantitative estimate of drug-likeness (QED) is 0.605. The van der Waals surface area contributed by atoms with Gasteiger partial charge in [-0.05, 0) is 71.0 Å². The highest BCUT2D eigenvalue weighted by Gasteiger charge is 2.31. The molecule has 1 aromatic rings. The number of hydrogen-bond donors (Lipinski definition) is 0. The van der Waals surface area contributed by atoms with Gasteiger partial charge in [0.1, 0.15) is 5.82 Å². The Morgan fingerprint density at radius 2 is 2.11 bits per heavy atom. The molecule has 1 aromatic carbocycles. The molecule has 0 bridgehead atoms. The van der Waals surface area contributed by atoms with Crippen LogP contribution in [0, 0.1) is 23.6 Å². The molecule has 0 heterocycles. The molecule has 0 N–H and O–H groups in total. The third-order valence-corrected chi connectivity index (χ3v) is 5.85. The summed E-state index contributed by atoms with van der Waals surface area (Å²) in [4.78, 5) is 0. The van der Waals surface area contributed by atoms with E-state index in [0.29, 0.717) is 16.3 Å². The summed E-state index contributed by atoms with van der Waals surface area (Å²) in [6.07, 6.45) is 4.35. The van der Waals surface area contributed by atoms with E-state index in [-0.39, 0.29) is 11.2 Å². The summed E-state index contributed by atoms with van der Waals surface area (Å²) < 4.78 is 14.2. The fourth-order valence-electron chi connectivity index (χ4n) is 3.07. The van der Waals surface area contributed by atoms with Crippen LogP contribution in [0.1, 0.15) is 38.7 Å². The van der Waals surface area contributed by atoms with E-state index in [0.717, 1.165) is 30.7 Å². The van der Waals surface area contributed by atoms with Gasteiger partial charge < -0.3 is 0 Å². The van der Waals surface area contributed by atoms with Gasteiger partial charge >= 0.3 is 0 Å². The Bertz CT molecular complexity index is 433. The van der Waals surface area contributed by atoms with Gasteiger partial charge in [0.2, 0.25) is 0 Å². The van der Waals surface area contributed by atoms with Crippen molar-refractivity contribution in [3.05, 3.63) is 34.1 Å². The van der Waals surface area contributed by atoms with E-state index >= 15 is 0 Å². The second kappa shape index (κ2) is 6.58. The van der Waals surface area contributed by atoms with Crippen LogP contribution in [0.3, 0.4) is 0 Å². The summed E-state index contributed by atoms with van der Waals surface area (Å²) >= 11 is 9.84. The Hall–Kier alpha value is -0.0800. The number of halogens is 3. The molecule has 0 nitrogen and oxygen atoms in total. The molecule has 1 aliphatic carbocycles. The van der Waals surface area contributed by atoms with Crippen LogP contribution in [-0.2, 0) is 6.42 Å². The highest BCUT2D eigenvalue weighted by atomic mass is 79.9. The van der Waals surface area contributed by atoms with Crippen molar-refractivity contribution in [3.8, 4) is 0 Å². The molecule has 1 fully saturated rings. The van der Waals surface area contributed by atoms with Crippen molar-refractivity contribution in [2.45, 2.75) is 44.9 Å². The fourth-order valence-corrected chi connectivity index (χ4v) is 3.81. The van der Waals surface area contributed by atoms with Gasteiger partial charge in [0.15, 0.2) is 0 Å². The number of rotatable bonds is 3. The first-order valence-corrected chi connectivity index (χ1v) is 8.29. The standard InChI is InChI=1S/C16H21BrClF/c1-10(2)11-6-7-14(18)13(8-11)9-12-4-3-5-15(19)16(12)17/h3-5,10-11,13-14H,6-9H2,1-2H3. The van der Waals surface area contributed by atoms with Crippen LogP contribution in [0.4, 0.5) is 4.39 Å². The smallest absolute Gasteiger partial charge is 0.137 e. The van der Waals surface area contributed by atoms with Gasteiger partial charge in [-0.25, -0.2) is 4.39 Å². The van der Waals surface area contributed by atoms with E-state index in [1.54, 1.807) is 6.07 Å². The topological polar surface area (TPSA) is 0 Å². The van der Waals surface area contributed by atoms with Crippen LogP contribution in [0.5, 0.6) is 0 Å². The molecule has 1 saturated carbocycles. The van der Waals surface area contributed by atoms with Crippen LogP contribution in [-0.4, -0.2) is 5.38 Å². The normalized spacial score (nSPS) is 27.8. The molecule has 19 heavy (non-hydrogen) atoms. The maximum atomic E-state index is 13.6. The Morgan fingerprint density at radius 3 is 2.79 bits per heavy atom. The molecule has 0 radical (unpaired) electrons. The lowest BCUT2D eigenvalue weighted by molar-refractivity contribution is 0.218. The molecular weight excluding hydrogens is 327 g/mol. The van der Waals surface area contributed by atoms with Crippen molar-refractivity contribution < 1.29 is 4.39 Å². The second-order valence-electron chi connectivity index (χ2n) is 6.01. The zero-order chi connectivity index (χ0) is 14.0. The van der Waals surface area contributed by atoms with Crippen molar-refractivity contribution in [1.29, 1.82) is 0 Å². The third-order valence-electron chi connectivity index (χ3n) is 4.39. The first-order chi connectivity index (χ1) is 8.99. The van der Waals surface area contributed by atoms with Crippen LogP contribution < -0.4 is 0 Å². The van der Waals surface area contributed by atoms with Gasteiger partial charge in [0, 0.05) is 5.38 Å². The second-order valence-corrected chi connectivity index (χ2v) is 7.36. The van der Waals surface area contributed by atoms with Gasteiger partial charge in [-0.15, -0.1) is 11.6 Å². The van der Waals surface area contributed by atoms with E-state index in [1.807, 2.05) is 6.07 Å². The van der Waals surface area contributed by atoms with Crippen molar-refractivity contribution in [2.75, 3.05) is 0 Å². The molecule has 1 aliphatic rings. The van der Waals surface area contributed by atoms with Crippen LogP contribution in [0.15, 0.2) is 22.7 Å². The summed E-state index contributed by atoms with van der Waals surface area (Å²) in [6.45, 7) is 4.57. The number of alkyl halides is 1. The Kier molecular flexibility index (Phi) is 5.30. The van der Waals surface area contributed by atoms with E-state index in [1.165, 1.54) is 12.5 Å². The monoisotopic (exact) mass is 346 g/mol. The zero-order valence-corrected chi connectivity index (χ0v) is 13.8. The molecule has 0 aliphatic heterocycles. The predicted molar refractivity (Wildman–Crippen MR) is 83.1 cm³/mol. The largest absolute Gasteiger partial charge is 0.206 e. The Labute approximate surface area is 128 Å². The minimum Gasteiger partial charge on any atom is -0.206 e. The van der Waals surface area contributed by atoms with Crippen molar-refractivity contribution in [1.82, 2.24) is 0 Å². The molecule has 0 saturated heterocycles. The van der Waals surface area contributed by atoms with Gasteiger partial charge in [0.05, 0.1) is 4.47 Å². The predicted octanol–water partition coefficient (Wildman–Crippen LogP) is 5.81. The molecule has 3 unspecified atom stereocenters. The summed E-state index contributed by atoms with van der Waals surface area (Å²) in [5.74, 6) is 1.75. The Morgan fingerprint density at radius 1 is 1.37 bits per heavy atom. The third kappa shape index (κ3) is 3.72. The van der Waals surface area contributed by atoms with Crippen molar-refractivity contribution in [2.24, 2.45) is 17.8 Å². The van der Waals surface area contributed by atoms with E-state index in [9.17, 15) is 4.39 Å². The highest BCUT2D eigenvalue weighted by molar-refractivity contribution is 9.10. The lowest BCUT2D eigenvalue weighted by atomic mass is 9.74. The molecule has 106 valence electrons. The van der Waals surface area contributed by atoms with Crippen molar-refractivity contribution >= 4 is 27.5 Å². The fraction of sp³-hybridized carbons (Fsp3) is 0.625. The van der Waals surface area contributed by atoms with Crippen LogP contribution in [0.2, 0.25) is 0 Å². The average Bonchev–Trinajstić information content (AvgIpc) is 2.37. The minimum absolute atomic E-state index is 0.181. The van der Waals surface area contributed by atoms with E-state index in [4.69, 9.17) is 11.6 Å². The molecule has 0 spiro atoms. The van der Waals surface area contributed by atoms with E-state index < -0.39 is 0 Å². The minimum atomic E-state index is -0.181. The lowest BCUT2D eigenvalue weighted by Gasteiger charge is -2.35. The van der Waals surface area contributed by atoms with Crippen molar-refractivity contribution in [3.63, 3.8) is 0 Å². The zero-order valence-electron chi connectivity index (χ0n) is 11.5. The summed E-state index contributed by atoms with van der Waals surface area (Å²) in [7, 11) is 0. The van der Waals surface area contributed by atoms with Gasteiger partial charge in [-0.3, -0.25) is 0 Å². The molecule has 3 atom stereocenters. The van der Waals surface area contributed by atoms with Gasteiger partial charge in [-0.2, -0.15) is 0 Å². The molecule has 0 aromatic heterocycles. The number of benzene rings is 1. The lowest BCUT2D eigenvalue weighted by Crippen LogP contribution is -2.29. The van der Waals surface area contributed by atoms with Crippen LogP contribution in [0.25, 0.3) is 0 Å². The SMILES string of the molecule is CC(C)C1CCC(Cl)C(Cc2cccc(F)c2Br)C1.